The lowest BCUT2D eigenvalue weighted by Crippen LogP contribution is -2.47. The lowest BCUT2D eigenvalue weighted by Gasteiger charge is -2.31. The highest BCUT2D eigenvalue weighted by molar-refractivity contribution is 7.10. The summed E-state index contributed by atoms with van der Waals surface area (Å²) in [6.45, 7) is 0. The highest BCUT2D eigenvalue weighted by Crippen LogP contribution is 2.42. The van der Waals surface area contributed by atoms with Crippen LogP contribution in [0.4, 0.5) is 0 Å². The predicted octanol–water partition coefficient (Wildman–Crippen LogP) is 1.93. The molecule has 2 amide bonds. The number of hydrazine groups is 1. The van der Waals surface area contributed by atoms with Crippen molar-refractivity contribution in [3.05, 3.63) is 22.4 Å². The number of likely N-dealkylation sites (tertiary alicyclic amines) is 1. The highest BCUT2D eigenvalue weighted by Gasteiger charge is 2.59. The van der Waals surface area contributed by atoms with E-state index in [1.165, 1.54) is 6.42 Å². The largest absolute Gasteiger partial charge is 0.278 e. The van der Waals surface area contributed by atoms with Gasteiger partial charge in [-0.15, -0.1) is 11.3 Å². The Balaban J connectivity index is 1.65. The smallest absolute Gasteiger partial charge is 0.249 e. The molecular formula is C16H21N3O2S. The number of nitrogens with one attached hydrogen (secondary N) is 1. The molecule has 1 saturated carbocycles. The van der Waals surface area contributed by atoms with Gasteiger partial charge in [-0.3, -0.25) is 14.5 Å². The van der Waals surface area contributed by atoms with Crippen molar-refractivity contribution < 1.29 is 9.59 Å². The van der Waals surface area contributed by atoms with E-state index in [1.54, 1.807) is 16.2 Å². The van der Waals surface area contributed by atoms with Crippen LogP contribution in [-0.2, 0) is 9.59 Å². The summed E-state index contributed by atoms with van der Waals surface area (Å²) < 4.78 is 0. The van der Waals surface area contributed by atoms with Crippen molar-refractivity contribution in [3.63, 3.8) is 0 Å². The molecule has 3 aliphatic rings. The van der Waals surface area contributed by atoms with E-state index in [2.05, 4.69) is 5.43 Å². The molecule has 0 radical (unpaired) electrons. The molecule has 6 heteroatoms. The van der Waals surface area contributed by atoms with Crippen LogP contribution >= 0.6 is 11.3 Å². The van der Waals surface area contributed by atoms with Gasteiger partial charge < -0.3 is 0 Å². The zero-order valence-electron chi connectivity index (χ0n) is 12.7. The SMILES string of the molecule is CN1N[C@H](c2cccs2)[C@@H]2C(=O)N(C3CCCCC3)C(=O)[C@H]21. The first-order valence-electron chi connectivity index (χ1n) is 8.08. The van der Waals surface area contributed by atoms with E-state index < -0.39 is 0 Å². The first kappa shape index (κ1) is 14.4. The fourth-order valence-corrected chi connectivity index (χ4v) is 5.04. The average molecular weight is 319 g/mol. The lowest BCUT2D eigenvalue weighted by atomic mass is 9.93. The van der Waals surface area contributed by atoms with E-state index in [-0.39, 0.29) is 35.9 Å². The number of nitrogens with zero attached hydrogens (tertiary/aromatic N) is 2. The maximum absolute atomic E-state index is 13.0. The van der Waals surface area contributed by atoms with Gasteiger partial charge in [-0.05, 0) is 24.3 Å². The molecule has 1 aliphatic carbocycles. The molecule has 3 atom stereocenters. The van der Waals surface area contributed by atoms with Gasteiger partial charge in [-0.1, -0.05) is 25.3 Å². The first-order valence-corrected chi connectivity index (χ1v) is 8.96. The van der Waals surface area contributed by atoms with Gasteiger partial charge in [0.2, 0.25) is 11.8 Å². The van der Waals surface area contributed by atoms with Gasteiger partial charge in [0, 0.05) is 18.0 Å². The normalized spacial score (nSPS) is 33.7. The fourth-order valence-electron chi connectivity index (χ4n) is 4.22. The number of imide groups is 1. The Morgan fingerprint density at radius 1 is 1.18 bits per heavy atom. The highest BCUT2D eigenvalue weighted by atomic mass is 32.1. The molecule has 0 unspecified atom stereocenters. The molecule has 1 N–H and O–H groups in total. The molecule has 2 aliphatic heterocycles. The summed E-state index contributed by atoms with van der Waals surface area (Å²) >= 11 is 1.64. The molecule has 22 heavy (non-hydrogen) atoms. The second-order valence-corrected chi connectivity index (χ2v) is 7.52. The van der Waals surface area contributed by atoms with Crippen molar-refractivity contribution in [1.29, 1.82) is 0 Å². The first-order chi connectivity index (χ1) is 10.7. The van der Waals surface area contributed by atoms with Crippen LogP contribution in [0.15, 0.2) is 17.5 Å². The number of carbonyl (C=O) groups excluding carboxylic acids is 2. The molecule has 2 saturated heterocycles. The molecule has 1 aromatic rings. The second-order valence-electron chi connectivity index (χ2n) is 6.54. The summed E-state index contributed by atoms with van der Waals surface area (Å²) in [5.41, 5.74) is 3.32. The van der Waals surface area contributed by atoms with Crippen molar-refractivity contribution in [3.8, 4) is 0 Å². The van der Waals surface area contributed by atoms with E-state index in [4.69, 9.17) is 0 Å². The molecule has 1 aromatic heterocycles. The zero-order valence-corrected chi connectivity index (χ0v) is 13.5. The Kier molecular flexibility index (Phi) is 3.55. The van der Waals surface area contributed by atoms with E-state index in [9.17, 15) is 9.59 Å². The third-order valence-corrected chi connectivity index (χ3v) is 6.22. The molecule has 4 rings (SSSR count). The molecule has 118 valence electrons. The van der Waals surface area contributed by atoms with Crippen LogP contribution in [0, 0.1) is 5.92 Å². The average Bonchev–Trinajstić information content (AvgIpc) is 3.20. The maximum Gasteiger partial charge on any atom is 0.249 e. The van der Waals surface area contributed by atoms with E-state index >= 15 is 0 Å². The molecule has 5 nitrogen and oxygen atoms in total. The van der Waals surface area contributed by atoms with Gasteiger partial charge in [-0.2, -0.15) is 0 Å². The Bertz CT molecular complexity index is 582. The van der Waals surface area contributed by atoms with Crippen molar-refractivity contribution in [2.24, 2.45) is 5.92 Å². The van der Waals surface area contributed by atoms with Crippen LogP contribution in [-0.4, -0.2) is 40.9 Å². The number of carbonyl (C=O) groups is 2. The summed E-state index contributed by atoms with van der Waals surface area (Å²) in [5.74, 6) is -0.258. The van der Waals surface area contributed by atoms with Crippen LogP contribution in [0.25, 0.3) is 0 Å². The number of amides is 2. The lowest BCUT2D eigenvalue weighted by molar-refractivity contribution is -0.144. The Morgan fingerprint density at radius 3 is 2.64 bits per heavy atom. The van der Waals surface area contributed by atoms with E-state index in [1.807, 2.05) is 29.6 Å². The Hall–Kier alpha value is -1.24. The molecular weight excluding hydrogens is 298 g/mol. The van der Waals surface area contributed by atoms with Gasteiger partial charge in [-0.25, -0.2) is 10.4 Å². The standard InChI is InChI=1S/C16H21N3O2S/c1-18-14-12(13(17-18)11-8-5-9-22-11)15(20)19(16(14)21)10-6-3-2-4-7-10/h5,8-10,12-14,17H,2-4,6-7H2,1H3/t12-,13+,14-/m0/s1. The molecule has 3 fully saturated rings. The van der Waals surface area contributed by atoms with Crippen molar-refractivity contribution in [1.82, 2.24) is 15.3 Å². The maximum atomic E-state index is 13.0. The van der Waals surface area contributed by atoms with Crippen LogP contribution < -0.4 is 5.43 Å². The minimum Gasteiger partial charge on any atom is -0.278 e. The summed E-state index contributed by atoms with van der Waals surface area (Å²) in [6, 6.07) is 3.74. The van der Waals surface area contributed by atoms with E-state index in [0.29, 0.717) is 0 Å². The number of hydrogen-bond acceptors (Lipinski definition) is 5. The molecule has 0 bridgehead atoms. The van der Waals surface area contributed by atoms with Crippen LogP contribution in [0.2, 0.25) is 0 Å². The van der Waals surface area contributed by atoms with Crippen LogP contribution in [0.1, 0.15) is 43.0 Å². The van der Waals surface area contributed by atoms with E-state index in [0.717, 1.165) is 30.6 Å². The Morgan fingerprint density at radius 2 is 1.95 bits per heavy atom. The predicted molar refractivity (Wildman–Crippen MR) is 84.0 cm³/mol. The van der Waals surface area contributed by atoms with Gasteiger partial charge in [0.15, 0.2) is 0 Å². The quantitative estimate of drug-likeness (QED) is 0.846. The van der Waals surface area contributed by atoms with Crippen molar-refractivity contribution >= 4 is 23.2 Å². The number of likely N-dealkylation sites (N-methyl/N-ethyl adjacent to an activating group) is 1. The third-order valence-electron chi connectivity index (χ3n) is 5.26. The summed E-state index contributed by atoms with van der Waals surface area (Å²) in [5, 5.41) is 3.86. The number of thiophene rings is 1. The number of rotatable bonds is 2. The Labute approximate surface area is 134 Å². The van der Waals surface area contributed by atoms with Gasteiger partial charge in [0.25, 0.3) is 0 Å². The molecule has 3 heterocycles. The van der Waals surface area contributed by atoms with Crippen LogP contribution in [0.5, 0.6) is 0 Å². The van der Waals surface area contributed by atoms with Crippen molar-refractivity contribution in [2.75, 3.05) is 7.05 Å². The number of hydrogen-bond donors (Lipinski definition) is 1. The summed E-state index contributed by atoms with van der Waals surface area (Å²) in [7, 11) is 1.88. The zero-order chi connectivity index (χ0) is 15.3. The minimum absolute atomic E-state index is 0.00374. The molecule has 0 spiro atoms. The van der Waals surface area contributed by atoms with Crippen LogP contribution in [0.3, 0.4) is 0 Å². The fraction of sp³-hybridized carbons (Fsp3) is 0.625. The minimum atomic E-state index is -0.346. The van der Waals surface area contributed by atoms with Gasteiger partial charge in [0.05, 0.1) is 12.0 Å². The third kappa shape index (κ3) is 2.05. The molecule has 0 aromatic carbocycles. The van der Waals surface area contributed by atoms with Crippen molar-refractivity contribution in [2.45, 2.75) is 50.2 Å². The van der Waals surface area contributed by atoms with Gasteiger partial charge >= 0.3 is 0 Å². The van der Waals surface area contributed by atoms with Gasteiger partial charge in [0.1, 0.15) is 6.04 Å². The summed E-state index contributed by atoms with van der Waals surface area (Å²) in [6.07, 6.45) is 5.41. The topological polar surface area (TPSA) is 52.7 Å². The summed E-state index contributed by atoms with van der Waals surface area (Å²) in [4.78, 5) is 28.6. The second kappa shape index (κ2) is 5.44. The monoisotopic (exact) mass is 319 g/mol. The number of fused-ring (bicyclic) bond motifs is 1.